The molecule has 2 N–H and O–H groups in total. The molecule has 2 aromatic heterocycles. The van der Waals surface area contributed by atoms with Crippen molar-refractivity contribution in [3.05, 3.63) is 59.3 Å². The molecule has 3 rings (SSSR count). The molecule has 0 radical (unpaired) electrons. The summed E-state index contributed by atoms with van der Waals surface area (Å²) >= 11 is 0. The SMILES string of the molecule is CCN(Cc1cccc(F)c1)c1nc(C)c(C)c(Nc2ncc[nH]2)n1. The van der Waals surface area contributed by atoms with Gasteiger partial charge >= 0.3 is 0 Å². The quantitative estimate of drug-likeness (QED) is 0.715. The number of aryl methyl sites for hydroxylation is 1. The molecule has 0 bridgehead atoms. The highest BCUT2D eigenvalue weighted by Gasteiger charge is 2.14. The van der Waals surface area contributed by atoms with Gasteiger partial charge in [0.15, 0.2) is 0 Å². The van der Waals surface area contributed by atoms with E-state index < -0.39 is 0 Å². The van der Waals surface area contributed by atoms with Gasteiger partial charge in [0, 0.05) is 36.7 Å². The number of H-pyrrole nitrogens is 1. The molecule has 6 nitrogen and oxygen atoms in total. The second-order valence-electron chi connectivity index (χ2n) is 5.79. The fraction of sp³-hybridized carbons (Fsp3) is 0.278. The Labute approximate surface area is 146 Å². The van der Waals surface area contributed by atoms with Gasteiger partial charge in [0.2, 0.25) is 11.9 Å². The zero-order chi connectivity index (χ0) is 17.8. The van der Waals surface area contributed by atoms with E-state index in [0.717, 1.165) is 16.8 Å². The zero-order valence-corrected chi connectivity index (χ0v) is 14.5. The average Bonchev–Trinajstić information content (AvgIpc) is 3.10. The fourth-order valence-corrected chi connectivity index (χ4v) is 2.50. The number of anilines is 3. The first-order valence-corrected chi connectivity index (χ1v) is 8.18. The molecular weight excluding hydrogens is 319 g/mol. The third kappa shape index (κ3) is 3.93. The van der Waals surface area contributed by atoms with Gasteiger partial charge in [-0.05, 0) is 38.5 Å². The van der Waals surface area contributed by atoms with Gasteiger partial charge in [0.05, 0.1) is 0 Å². The summed E-state index contributed by atoms with van der Waals surface area (Å²) in [6.45, 7) is 7.19. The lowest BCUT2D eigenvalue weighted by molar-refractivity contribution is 0.624. The van der Waals surface area contributed by atoms with Crippen molar-refractivity contribution >= 4 is 17.7 Å². The largest absolute Gasteiger partial charge is 0.337 e. The van der Waals surface area contributed by atoms with Crippen LogP contribution in [-0.2, 0) is 6.54 Å². The Hall–Kier alpha value is -2.96. The van der Waals surface area contributed by atoms with Crippen LogP contribution in [0.25, 0.3) is 0 Å². The predicted octanol–water partition coefficient (Wildman–Crippen LogP) is 3.73. The first-order chi connectivity index (χ1) is 12.1. The van der Waals surface area contributed by atoms with E-state index in [2.05, 4.69) is 25.3 Å². The van der Waals surface area contributed by atoms with Gasteiger partial charge in [0.1, 0.15) is 11.6 Å². The summed E-state index contributed by atoms with van der Waals surface area (Å²) in [7, 11) is 0. The van der Waals surface area contributed by atoms with Gasteiger partial charge < -0.3 is 15.2 Å². The lowest BCUT2D eigenvalue weighted by Crippen LogP contribution is -2.25. The molecule has 0 unspecified atom stereocenters. The van der Waals surface area contributed by atoms with Crippen LogP contribution in [-0.4, -0.2) is 26.5 Å². The zero-order valence-electron chi connectivity index (χ0n) is 14.5. The molecule has 0 atom stereocenters. The molecule has 130 valence electrons. The van der Waals surface area contributed by atoms with E-state index in [1.807, 2.05) is 31.7 Å². The van der Waals surface area contributed by atoms with Crippen molar-refractivity contribution in [3.8, 4) is 0 Å². The van der Waals surface area contributed by atoms with E-state index in [0.29, 0.717) is 30.8 Å². The van der Waals surface area contributed by atoms with Gasteiger partial charge in [0.25, 0.3) is 0 Å². The minimum Gasteiger partial charge on any atom is -0.337 e. The Morgan fingerprint density at radius 2 is 2.08 bits per heavy atom. The Morgan fingerprint density at radius 3 is 2.76 bits per heavy atom. The molecule has 25 heavy (non-hydrogen) atoms. The van der Waals surface area contributed by atoms with E-state index in [-0.39, 0.29) is 5.82 Å². The summed E-state index contributed by atoms with van der Waals surface area (Å²) in [6.07, 6.45) is 3.42. The molecule has 0 amide bonds. The van der Waals surface area contributed by atoms with Gasteiger partial charge in [-0.2, -0.15) is 4.98 Å². The number of hydrogen-bond acceptors (Lipinski definition) is 5. The summed E-state index contributed by atoms with van der Waals surface area (Å²) in [4.78, 5) is 18.4. The highest BCUT2D eigenvalue weighted by Crippen LogP contribution is 2.22. The smallest absolute Gasteiger partial charge is 0.227 e. The lowest BCUT2D eigenvalue weighted by Gasteiger charge is -2.22. The minimum atomic E-state index is -0.241. The number of nitrogens with zero attached hydrogens (tertiary/aromatic N) is 4. The molecule has 0 fully saturated rings. The monoisotopic (exact) mass is 340 g/mol. The first kappa shape index (κ1) is 16.9. The lowest BCUT2D eigenvalue weighted by atomic mass is 10.2. The maximum atomic E-state index is 13.4. The van der Waals surface area contributed by atoms with E-state index in [4.69, 9.17) is 0 Å². The van der Waals surface area contributed by atoms with Crippen molar-refractivity contribution < 1.29 is 4.39 Å². The van der Waals surface area contributed by atoms with E-state index in [9.17, 15) is 4.39 Å². The molecule has 2 heterocycles. The molecule has 7 heteroatoms. The van der Waals surface area contributed by atoms with Crippen LogP contribution in [0.5, 0.6) is 0 Å². The van der Waals surface area contributed by atoms with Crippen LogP contribution in [0.2, 0.25) is 0 Å². The number of aromatic amines is 1. The molecule has 0 aliphatic rings. The third-order valence-corrected chi connectivity index (χ3v) is 4.04. The van der Waals surface area contributed by atoms with Gasteiger partial charge in [-0.25, -0.2) is 14.4 Å². The highest BCUT2D eigenvalue weighted by molar-refractivity contribution is 5.56. The first-order valence-electron chi connectivity index (χ1n) is 8.18. The molecule has 0 saturated carbocycles. The molecule has 1 aromatic carbocycles. The van der Waals surface area contributed by atoms with Crippen LogP contribution in [0.4, 0.5) is 22.1 Å². The Kier molecular flexibility index (Phi) is 4.92. The third-order valence-electron chi connectivity index (χ3n) is 4.04. The maximum Gasteiger partial charge on any atom is 0.227 e. The molecule has 3 aromatic rings. The van der Waals surface area contributed by atoms with Crippen molar-refractivity contribution in [3.63, 3.8) is 0 Å². The Bertz CT molecular complexity index is 847. The van der Waals surface area contributed by atoms with Crippen molar-refractivity contribution in [2.24, 2.45) is 0 Å². The predicted molar refractivity (Wildman–Crippen MR) is 96.5 cm³/mol. The molecule has 0 aliphatic heterocycles. The van der Waals surface area contributed by atoms with Gasteiger partial charge in [-0.1, -0.05) is 12.1 Å². The van der Waals surface area contributed by atoms with E-state index in [1.165, 1.54) is 12.1 Å². The number of halogens is 1. The second-order valence-corrected chi connectivity index (χ2v) is 5.79. The number of rotatable bonds is 6. The van der Waals surface area contributed by atoms with Crippen LogP contribution < -0.4 is 10.2 Å². The number of aromatic nitrogens is 4. The number of hydrogen-bond donors (Lipinski definition) is 2. The maximum absolute atomic E-state index is 13.4. The van der Waals surface area contributed by atoms with Gasteiger partial charge in [-0.3, -0.25) is 0 Å². The highest BCUT2D eigenvalue weighted by atomic mass is 19.1. The van der Waals surface area contributed by atoms with Crippen LogP contribution >= 0.6 is 0 Å². The summed E-state index contributed by atoms with van der Waals surface area (Å²) in [5.41, 5.74) is 2.72. The minimum absolute atomic E-state index is 0.241. The average molecular weight is 340 g/mol. The second kappa shape index (κ2) is 7.29. The van der Waals surface area contributed by atoms with Crippen molar-refractivity contribution in [2.45, 2.75) is 27.3 Å². The molecule has 0 saturated heterocycles. The van der Waals surface area contributed by atoms with Crippen LogP contribution in [0.1, 0.15) is 23.7 Å². The summed E-state index contributed by atoms with van der Waals surface area (Å²) in [5, 5.41) is 3.18. The Balaban J connectivity index is 1.90. The van der Waals surface area contributed by atoms with Gasteiger partial charge in [-0.15, -0.1) is 0 Å². The van der Waals surface area contributed by atoms with Crippen LogP contribution in [0, 0.1) is 19.7 Å². The van der Waals surface area contributed by atoms with E-state index >= 15 is 0 Å². The number of benzene rings is 1. The topological polar surface area (TPSA) is 69.7 Å². The number of imidazole rings is 1. The molecule has 0 spiro atoms. The fourth-order valence-electron chi connectivity index (χ4n) is 2.50. The van der Waals surface area contributed by atoms with Crippen molar-refractivity contribution in [1.29, 1.82) is 0 Å². The van der Waals surface area contributed by atoms with Crippen molar-refractivity contribution in [2.75, 3.05) is 16.8 Å². The molecule has 0 aliphatic carbocycles. The standard InChI is InChI=1S/C18H21FN6/c1-4-25(11-14-6-5-7-15(19)10-14)18-22-13(3)12(2)16(24-18)23-17-20-8-9-21-17/h5-10H,4,11H2,1-3H3,(H2,20,21,22,23,24). The van der Waals surface area contributed by atoms with Crippen molar-refractivity contribution in [1.82, 2.24) is 19.9 Å². The summed E-state index contributed by atoms with van der Waals surface area (Å²) in [6, 6.07) is 6.59. The van der Waals surface area contributed by atoms with E-state index in [1.54, 1.807) is 18.5 Å². The molecular formula is C18H21FN6. The normalized spacial score (nSPS) is 10.7. The Morgan fingerprint density at radius 1 is 1.24 bits per heavy atom. The number of nitrogens with one attached hydrogen (secondary N) is 2. The summed E-state index contributed by atoms with van der Waals surface area (Å²) < 4.78 is 13.4. The van der Waals surface area contributed by atoms with Crippen LogP contribution in [0.15, 0.2) is 36.7 Å². The van der Waals surface area contributed by atoms with Crippen LogP contribution in [0.3, 0.4) is 0 Å². The summed E-state index contributed by atoms with van der Waals surface area (Å²) in [5.74, 6) is 1.69.